The lowest BCUT2D eigenvalue weighted by Crippen LogP contribution is -2.49. The van der Waals surface area contributed by atoms with E-state index in [0.717, 1.165) is 54.5 Å². The summed E-state index contributed by atoms with van der Waals surface area (Å²) in [5.41, 5.74) is 3.97. The van der Waals surface area contributed by atoms with Crippen molar-refractivity contribution in [1.82, 2.24) is 4.90 Å². The van der Waals surface area contributed by atoms with Gasteiger partial charge in [-0.2, -0.15) is 0 Å². The van der Waals surface area contributed by atoms with Crippen molar-refractivity contribution in [3.05, 3.63) is 94.0 Å². The van der Waals surface area contributed by atoms with E-state index in [4.69, 9.17) is 21.1 Å². The molecular formula is C29H30ClNO3. The van der Waals surface area contributed by atoms with Crippen molar-refractivity contribution in [2.24, 2.45) is 0 Å². The molecule has 3 aromatic rings. The van der Waals surface area contributed by atoms with Crippen molar-refractivity contribution in [3.63, 3.8) is 0 Å². The monoisotopic (exact) mass is 475 g/mol. The predicted molar refractivity (Wildman–Crippen MR) is 135 cm³/mol. The fourth-order valence-corrected chi connectivity index (χ4v) is 5.93. The van der Waals surface area contributed by atoms with E-state index in [1.54, 1.807) is 14.2 Å². The molecule has 0 N–H and O–H groups in total. The van der Waals surface area contributed by atoms with Crippen molar-refractivity contribution in [1.29, 1.82) is 0 Å². The van der Waals surface area contributed by atoms with Crippen molar-refractivity contribution in [3.8, 4) is 11.5 Å². The zero-order valence-electron chi connectivity index (χ0n) is 19.7. The molecule has 1 saturated carbocycles. The van der Waals surface area contributed by atoms with Crippen LogP contribution in [0.25, 0.3) is 0 Å². The molecule has 4 nitrogen and oxygen atoms in total. The smallest absolute Gasteiger partial charge is 0.234 e. The first-order valence-electron chi connectivity index (χ1n) is 11.9. The molecule has 1 atom stereocenters. The Morgan fingerprint density at radius 3 is 2.24 bits per heavy atom. The molecule has 5 heteroatoms. The highest BCUT2D eigenvalue weighted by molar-refractivity contribution is 6.30. The van der Waals surface area contributed by atoms with Crippen molar-refractivity contribution >= 4 is 17.5 Å². The minimum atomic E-state index is -0.508. The summed E-state index contributed by atoms with van der Waals surface area (Å²) in [7, 11) is 3.31. The summed E-state index contributed by atoms with van der Waals surface area (Å²) in [6.07, 6.45) is 4.62. The van der Waals surface area contributed by atoms with Gasteiger partial charge in [-0.3, -0.25) is 4.79 Å². The van der Waals surface area contributed by atoms with Crippen molar-refractivity contribution in [2.45, 2.75) is 43.6 Å². The maximum atomic E-state index is 14.5. The van der Waals surface area contributed by atoms with Gasteiger partial charge >= 0.3 is 0 Å². The van der Waals surface area contributed by atoms with Crippen molar-refractivity contribution < 1.29 is 14.3 Å². The molecule has 0 bridgehead atoms. The summed E-state index contributed by atoms with van der Waals surface area (Å²) in [6.45, 7) is 0.663. The first kappa shape index (κ1) is 22.8. The van der Waals surface area contributed by atoms with Crippen molar-refractivity contribution in [2.75, 3.05) is 20.8 Å². The van der Waals surface area contributed by atoms with Gasteiger partial charge in [-0.1, -0.05) is 66.9 Å². The second-order valence-electron chi connectivity index (χ2n) is 9.26. The molecule has 34 heavy (non-hydrogen) atoms. The number of fused-ring (bicyclic) bond motifs is 1. The third kappa shape index (κ3) is 3.84. The van der Waals surface area contributed by atoms with Crippen LogP contribution in [0.1, 0.15) is 54.0 Å². The number of ether oxygens (including phenoxy) is 2. The molecule has 0 radical (unpaired) electrons. The number of benzene rings is 3. The molecule has 3 aromatic carbocycles. The second-order valence-corrected chi connectivity index (χ2v) is 9.70. The first-order valence-corrected chi connectivity index (χ1v) is 12.3. The molecule has 1 fully saturated rings. The lowest BCUT2D eigenvalue weighted by atomic mass is 9.76. The number of hydrogen-bond acceptors (Lipinski definition) is 3. The number of carbonyl (C=O) groups is 1. The topological polar surface area (TPSA) is 38.8 Å². The Labute approximate surface area is 206 Å². The van der Waals surface area contributed by atoms with E-state index in [2.05, 4.69) is 29.2 Å². The van der Waals surface area contributed by atoms with E-state index in [1.807, 2.05) is 42.5 Å². The van der Waals surface area contributed by atoms with E-state index < -0.39 is 5.41 Å². The van der Waals surface area contributed by atoms with Crippen LogP contribution >= 0.6 is 11.6 Å². The van der Waals surface area contributed by atoms with E-state index in [0.29, 0.717) is 17.3 Å². The Bertz CT molecular complexity index is 1170. The average Bonchev–Trinajstić information content (AvgIpc) is 3.38. The van der Waals surface area contributed by atoms with Crippen LogP contribution in [-0.2, 0) is 16.6 Å². The average molecular weight is 476 g/mol. The summed E-state index contributed by atoms with van der Waals surface area (Å²) < 4.78 is 11.2. The Morgan fingerprint density at radius 2 is 1.59 bits per heavy atom. The number of rotatable bonds is 5. The van der Waals surface area contributed by atoms with Crippen LogP contribution in [0.4, 0.5) is 0 Å². The Kier molecular flexibility index (Phi) is 6.26. The number of methoxy groups -OCH3 is 2. The van der Waals surface area contributed by atoms with Gasteiger partial charge in [0.2, 0.25) is 5.91 Å². The minimum Gasteiger partial charge on any atom is -0.493 e. The highest BCUT2D eigenvalue weighted by Gasteiger charge is 2.47. The molecular weight excluding hydrogens is 446 g/mol. The van der Waals surface area contributed by atoms with Crippen LogP contribution in [0.3, 0.4) is 0 Å². The quantitative estimate of drug-likeness (QED) is 0.432. The fourth-order valence-electron chi connectivity index (χ4n) is 5.81. The van der Waals surface area contributed by atoms with Crippen LogP contribution in [0, 0.1) is 0 Å². The van der Waals surface area contributed by atoms with Gasteiger partial charge in [0.1, 0.15) is 0 Å². The lowest BCUT2D eigenvalue weighted by Gasteiger charge is -2.43. The highest BCUT2D eigenvalue weighted by atomic mass is 35.5. The maximum absolute atomic E-state index is 14.5. The van der Waals surface area contributed by atoms with Gasteiger partial charge < -0.3 is 14.4 Å². The molecule has 176 valence electrons. The molecule has 0 saturated heterocycles. The molecule has 1 heterocycles. The van der Waals surface area contributed by atoms with Crippen LogP contribution in [0.5, 0.6) is 11.5 Å². The third-order valence-corrected chi connectivity index (χ3v) is 7.77. The van der Waals surface area contributed by atoms with Crippen LogP contribution in [0.15, 0.2) is 66.7 Å². The molecule has 1 aliphatic heterocycles. The summed E-state index contributed by atoms with van der Waals surface area (Å²) >= 11 is 6.19. The zero-order chi connectivity index (χ0) is 23.7. The summed E-state index contributed by atoms with van der Waals surface area (Å²) in [5, 5.41) is 0.694. The van der Waals surface area contributed by atoms with E-state index >= 15 is 0 Å². The van der Waals surface area contributed by atoms with Gasteiger partial charge in [0.25, 0.3) is 0 Å². The number of amides is 1. The summed E-state index contributed by atoms with van der Waals surface area (Å²) in [5.74, 6) is 1.62. The van der Waals surface area contributed by atoms with Crippen LogP contribution in [0.2, 0.25) is 5.02 Å². The largest absolute Gasteiger partial charge is 0.493 e. The standard InChI is InChI=1S/C29H30ClNO3/c1-33-25-18-21-14-17-31(27(20-8-4-3-5-9-20)24(21)19-26(25)34-2)28(32)29(15-6-7-16-29)22-10-12-23(30)13-11-22/h3-5,8-13,18-19,27H,6-7,14-17H2,1-2H3. The number of hydrogen-bond donors (Lipinski definition) is 0. The molecule has 0 aromatic heterocycles. The SMILES string of the molecule is COc1cc2c(cc1OC)C(c1ccccc1)N(C(=O)C1(c3ccc(Cl)cc3)CCCC1)CC2. The summed E-state index contributed by atoms with van der Waals surface area (Å²) in [6, 6.07) is 22.1. The van der Waals surface area contributed by atoms with E-state index in [1.165, 1.54) is 5.56 Å². The van der Waals surface area contributed by atoms with Crippen LogP contribution < -0.4 is 9.47 Å². The summed E-state index contributed by atoms with van der Waals surface area (Å²) in [4.78, 5) is 16.6. The first-order chi connectivity index (χ1) is 16.6. The minimum absolute atomic E-state index is 0.179. The second kappa shape index (κ2) is 9.34. The van der Waals surface area contributed by atoms with Gasteiger partial charge in [0, 0.05) is 11.6 Å². The Balaban J connectivity index is 1.63. The maximum Gasteiger partial charge on any atom is 0.234 e. The Morgan fingerprint density at radius 1 is 0.941 bits per heavy atom. The fraction of sp³-hybridized carbons (Fsp3) is 0.345. The van der Waals surface area contributed by atoms with E-state index in [-0.39, 0.29) is 11.9 Å². The molecule has 1 amide bonds. The number of nitrogens with zero attached hydrogens (tertiary/aromatic N) is 1. The molecule has 2 aliphatic rings. The van der Waals surface area contributed by atoms with Gasteiger partial charge in [0.05, 0.1) is 25.7 Å². The normalized spacial score (nSPS) is 18.9. The Hall–Kier alpha value is -2.98. The van der Waals surface area contributed by atoms with E-state index in [9.17, 15) is 4.79 Å². The highest BCUT2D eigenvalue weighted by Crippen LogP contribution is 2.47. The predicted octanol–water partition coefficient (Wildman–Crippen LogP) is 6.34. The molecule has 1 unspecified atom stereocenters. The lowest BCUT2D eigenvalue weighted by molar-refractivity contribution is -0.139. The van der Waals surface area contributed by atoms with Crippen LogP contribution in [-0.4, -0.2) is 31.6 Å². The number of halogens is 1. The zero-order valence-corrected chi connectivity index (χ0v) is 20.5. The van der Waals surface area contributed by atoms with Gasteiger partial charge in [-0.05, 0) is 65.8 Å². The molecule has 5 rings (SSSR count). The molecule has 1 aliphatic carbocycles. The molecule has 0 spiro atoms. The van der Waals surface area contributed by atoms with Gasteiger partial charge in [-0.15, -0.1) is 0 Å². The van der Waals surface area contributed by atoms with Gasteiger partial charge in [-0.25, -0.2) is 0 Å². The third-order valence-electron chi connectivity index (χ3n) is 7.51. The van der Waals surface area contributed by atoms with Gasteiger partial charge in [0.15, 0.2) is 11.5 Å². The number of carbonyl (C=O) groups excluding carboxylic acids is 1.